The molecule has 0 amide bonds. The highest BCUT2D eigenvalue weighted by atomic mass is 31.2. The summed E-state index contributed by atoms with van der Waals surface area (Å²) in [5, 5.41) is 1.83. The average Bonchev–Trinajstić information content (AvgIpc) is 2.63. The molecule has 18 heavy (non-hydrogen) atoms. The second kappa shape index (κ2) is 3.73. The highest BCUT2D eigenvalue weighted by molar-refractivity contribution is 7.80. The molecule has 0 radical (unpaired) electrons. The molecule has 3 heteroatoms. The van der Waals surface area contributed by atoms with Gasteiger partial charge in [-0.15, -0.1) is 0 Å². The van der Waals surface area contributed by atoms with Crippen molar-refractivity contribution in [1.82, 2.24) is 0 Å². The predicted octanol–water partition coefficient (Wildman–Crippen LogP) is 2.97. The van der Waals surface area contributed by atoms with Gasteiger partial charge in [0.05, 0.1) is 0 Å². The van der Waals surface area contributed by atoms with Crippen molar-refractivity contribution < 1.29 is 4.57 Å². The number of nitrogen functional groups attached to an aromatic ring is 1. The van der Waals surface area contributed by atoms with Crippen LogP contribution in [-0.4, -0.2) is 5.66 Å². The molecule has 92 valence electrons. The normalized spacial score (nSPS) is 20.8. The van der Waals surface area contributed by atoms with E-state index in [2.05, 4.69) is 0 Å². The smallest absolute Gasteiger partial charge is 0.148 e. The lowest BCUT2D eigenvalue weighted by atomic mass is 10.1. The predicted molar refractivity (Wildman–Crippen MR) is 78.3 cm³/mol. The summed E-state index contributed by atoms with van der Waals surface area (Å²) in [6, 6.07) is 13.8. The summed E-state index contributed by atoms with van der Waals surface area (Å²) in [5.74, 6) is 0. The molecule has 1 atom stereocenters. The number of nitrogens with two attached hydrogens (primary N) is 1. The van der Waals surface area contributed by atoms with Crippen molar-refractivity contribution in [2.45, 2.75) is 19.5 Å². The topological polar surface area (TPSA) is 43.1 Å². The molecule has 1 unspecified atom stereocenters. The van der Waals surface area contributed by atoms with Crippen LogP contribution in [0.3, 0.4) is 0 Å². The number of anilines is 1. The Bertz CT molecular complexity index is 676. The van der Waals surface area contributed by atoms with Gasteiger partial charge in [0.1, 0.15) is 7.14 Å². The number of benzene rings is 2. The summed E-state index contributed by atoms with van der Waals surface area (Å²) < 4.78 is 13.5. The van der Waals surface area contributed by atoms with E-state index in [1.807, 2.05) is 56.3 Å². The lowest BCUT2D eigenvalue weighted by molar-refractivity contribution is 0.582. The van der Waals surface area contributed by atoms with E-state index in [9.17, 15) is 4.57 Å². The van der Waals surface area contributed by atoms with Crippen LogP contribution in [0.2, 0.25) is 0 Å². The summed E-state index contributed by atoms with van der Waals surface area (Å²) in [6.07, 6.45) is 0. The summed E-state index contributed by atoms with van der Waals surface area (Å²) in [5.41, 5.74) is 8.94. The summed E-state index contributed by atoms with van der Waals surface area (Å²) in [7, 11) is -2.58. The Morgan fingerprint density at radius 3 is 2.39 bits per heavy atom. The van der Waals surface area contributed by atoms with Crippen LogP contribution in [0.15, 0.2) is 42.5 Å². The fourth-order valence-electron chi connectivity index (χ4n) is 2.80. The van der Waals surface area contributed by atoms with Crippen LogP contribution in [0, 0.1) is 0 Å². The highest BCUT2D eigenvalue weighted by Crippen LogP contribution is 2.57. The first-order valence-electron chi connectivity index (χ1n) is 6.15. The van der Waals surface area contributed by atoms with E-state index in [1.54, 1.807) is 0 Å². The number of hydrogen-bond acceptors (Lipinski definition) is 2. The molecule has 1 aliphatic rings. The fourth-order valence-corrected chi connectivity index (χ4v) is 5.98. The van der Waals surface area contributed by atoms with Crippen molar-refractivity contribution in [3.05, 3.63) is 42.5 Å². The van der Waals surface area contributed by atoms with Crippen molar-refractivity contribution in [2.75, 3.05) is 5.73 Å². The minimum absolute atomic E-state index is 0.0737. The largest absolute Gasteiger partial charge is 0.398 e. The van der Waals surface area contributed by atoms with E-state index in [4.69, 9.17) is 5.73 Å². The van der Waals surface area contributed by atoms with E-state index >= 15 is 0 Å². The summed E-state index contributed by atoms with van der Waals surface area (Å²) in [6.45, 7) is 4.03. The molecule has 0 aliphatic carbocycles. The van der Waals surface area contributed by atoms with Crippen molar-refractivity contribution in [3.8, 4) is 11.1 Å². The molecule has 0 saturated heterocycles. The zero-order valence-electron chi connectivity index (χ0n) is 10.6. The SMILES string of the molecule is CC(C)P1(=O)c2ccccc2-c2cccc(N)c21. The van der Waals surface area contributed by atoms with Gasteiger partial charge in [-0.3, -0.25) is 0 Å². The fraction of sp³-hybridized carbons (Fsp3) is 0.200. The van der Waals surface area contributed by atoms with Crippen LogP contribution in [-0.2, 0) is 4.57 Å². The zero-order valence-corrected chi connectivity index (χ0v) is 11.4. The molecule has 0 fully saturated rings. The second-order valence-corrected chi connectivity index (χ2v) is 8.29. The molecule has 0 spiro atoms. The zero-order chi connectivity index (χ0) is 12.9. The maximum Gasteiger partial charge on any atom is 0.148 e. The molecule has 2 N–H and O–H groups in total. The van der Waals surface area contributed by atoms with E-state index in [0.29, 0.717) is 5.69 Å². The third-order valence-corrected chi connectivity index (χ3v) is 7.40. The maximum atomic E-state index is 13.5. The molecule has 0 aromatic heterocycles. The van der Waals surface area contributed by atoms with Gasteiger partial charge in [0, 0.05) is 22.0 Å². The van der Waals surface area contributed by atoms with Crippen molar-refractivity contribution in [1.29, 1.82) is 0 Å². The molecule has 2 nitrogen and oxygen atoms in total. The van der Waals surface area contributed by atoms with Crippen molar-refractivity contribution in [3.63, 3.8) is 0 Å². The minimum Gasteiger partial charge on any atom is -0.398 e. The van der Waals surface area contributed by atoms with Gasteiger partial charge in [-0.1, -0.05) is 50.2 Å². The second-order valence-electron chi connectivity index (χ2n) is 5.01. The van der Waals surface area contributed by atoms with Crippen LogP contribution >= 0.6 is 7.14 Å². The minimum atomic E-state index is -2.58. The van der Waals surface area contributed by atoms with Gasteiger partial charge in [0.15, 0.2) is 0 Å². The Morgan fingerprint density at radius 1 is 1.00 bits per heavy atom. The molecular weight excluding hydrogens is 241 g/mol. The Hall–Kier alpha value is -1.53. The van der Waals surface area contributed by atoms with Crippen LogP contribution in [0.1, 0.15) is 13.8 Å². The van der Waals surface area contributed by atoms with Gasteiger partial charge in [-0.2, -0.15) is 0 Å². The van der Waals surface area contributed by atoms with Gasteiger partial charge < -0.3 is 10.3 Å². The lowest BCUT2D eigenvalue weighted by Gasteiger charge is -2.20. The van der Waals surface area contributed by atoms with Gasteiger partial charge in [0.2, 0.25) is 0 Å². The third-order valence-electron chi connectivity index (χ3n) is 3.68. The molecule has 2 aromatic rings. The van der Waals surface area contributed by atoms with Crippen LogP contribution in [0.25, 0.3) is 11.1 Å². The van der Waals surface area contributed by atoms with Crippen LogP contribution < -0.4 is 16.3 Å². The first kappa shape index (κ1) is 11.6. The molecule has 3 rings (SSSR count). The lowest BCUT2D eigenvalue weighted by Crippen LogP contribution is -2.20. The van der Waals surface area contributed by atoms with Gasteiger partial charge in [-0.25, -0.2) is 0 Å². The summed E-state index contributed by atoms with van der Waals surface area (Å²) >= 11 is 0. The monoisotopic (exact) mass is 257 g/mol. The van der Waals surface area contributed by atoms with Gasteiger partial charge >= 0.3 is 0 Å². The highest BCUT2D eigenvalue weighted by Gasteiger charge is 2.42. The van der Waals surface area contributed by atoms with Gasteiger partial charge in [0.25, 0.3) is 0 Å². The number of hydrogen-bond donors (Lipinski definition) is 1. The van der Waals surface area contributed by atoms with Crippen molar-refractivity contribution >= 4 is 23.4 Å². The first-order valence-corrected chi connectivity index (χ1v) is 7.93. The molecule has 0 saturated carbocycles. The molecule has 0 bridgehead atoms. The molecular formula is C15H16NOP. The van der Waals surface area contributed by atoms with Gasteiger partial charge in [-0.05, 0) is 17.2 Å². The first-order chi connectivity index (χ1) is 8.56. The Labute approximate surface area is 107 Å². The molecule has 1 heterocycles. The Kier molecular flexibility index (Phi) is 2.39. The average molecular weight is 257 g/mol. The maximum absolute atomic E-state index is 13.5. The summed E-state index contributed by atoms with van der Waals surface area (Å²) in [4.78, 5) is 0. The Balaban J connectivity index is 2.47. The van der Waals surface area contributed by atoms with E-state index in [0.717, 1.165) is 21.7 Å². The molecule has 1 aliphatic heterocycles. The van der Waals surface area contributed by atoms with Crippen LogP contribution in [0.4, 0.5) is 5.69 Å². The number of rotatable bonds is 1. The quantitative estimate of drug-likeness (QED) is 0.630. The van der Waals surface area contributed by atoms with E-state index < -0.39 is 7.14 Å². The number of fused-ring (bicyclic) bond motifs is 3. The van der Waals surface area contributed by atoms with Crippen molar-refractivity contribution in [2.24, 2.45) is 0 Å². The standard InChI is InChI=1S/C15H16NOP/c1-10(2)18(17)14-9-4-3-6-11(14)12-7-5-8-13(16)15(12)18/h3-10H,16H2,1-2H3. The van der Waals surface area contributed by atoms with Crippen LogP contribution in [0.5, 0.6) is 0 Å². The Morgan fingerprint density at radius 2 is 1.67 bits per heavy atom. The molecule has 2 aromatic carbocycles. The third kappa shape index (κ3) is 1.27. The van der Waals surface area contributed by atoms with E-state index in [-0.39, 0.29) is 5.66 Å². The van der Waals surface area contributed by atoms with E-state index in [1.165, 1.54) is 0 Å².